The SMILES string of the molecule is NCCN1c2ccccc2C2CCCC21. The first-order valence-electron chi connectivity index (χ1n) is 5.97. The number of nitrogens with two attached hydrogens (primary N) is 1. The summed E-state index contributed by atoms with van der Waals surface area (Å²) < 4.78 is 0. The van der Waals surface area contributed by atoms with Crippen LogP contribution in [-0.4, -0.2) is 19.1 Å². The molecule has 15 heavy (non-hydrogen) atoms. The molecule has 1 aromatic carbocycles. The molecule has 1 aliphatic heterocycles. The molecule has 2 N–H and O–H groups in total. The van der Waals surface area contributed by atoms with E-state index in [-0.39, 0.29) is 0 Å². The molecule has 0 bridgehead atoms. The lowest BCUT2D eigenvalue weighted by molar-refractivity contribution is 0.592. The molecule has 1 aliphatic carbocycles. The molecule has 80 valence electrons. The van der Waals surface area contributed by atoms with Crippen LogP contribution < -0.4 is 10.6 Å². The fourth-order valence-corrected chi connectivity index (χ4v) is 3.34. The van der Waals surface area contributed by atoms with Crippen LogP contribution in [0.1, 0.15) is 30.7 Å². The van der Waals surface area contributed by atoms with Gasteiger partial charge in [0.05, 0.1) is 0 Å². The summed E-state index contributed by atoms with van der Waals surface area (Å²) >= 11 is 0. The smallest absolute Gasteiger partial charge is 0.0405 e. The van der Waals surface area contributed by atoms with Gasteiger partial charge in [-0.25, -0.2) is 0 Å². The predicted octanol–water partition coefficient (Wildman–Crippen LogP) is 2.10. The first kappa shape index (κ1) is 9.22. The Labute approximate surface area is 91.1 Å². The van der Waals surface area contributed by atoms with Crippen molar-refractivity contribution in [2.24, 2.45) is 5.73 Å². The minimum Gasteiger partial charge on any atom is -0.366 e. The van der Waals surface area contributed by atoms with Gasteiger partial charge in [0.1, 0.15) is 0 Å². The number of rotatable bonds is 2. The van der Waals surface area contributed by atoms with Gasteiger partial charge in [0.2, 0.25) is 0 Å². The molecule has 1 fully saturated rings. The van der Waals surface area contributed by atoms with E-state index in [0.717, 1.165) is 25.0 Å². The lowest BCUT2D eigenvalue weighted by Gasteiger charge is -2.26. The number of fused-ring (bicyclic) bond motifs is 3. The summed E-state index contributed by atoms with van der Waals surface area (Å²) in [5, 5.41) is 0. The van der Waals surface area contributed by atoms with Crippen LogP contribution in [0.5, 0.6) is 0 Å². The van der Waals surface area contributed by atoms with Gasteiger partial charge in [-0.2, -0.15) is 0 Å². The average Bonchev–Trinajstić information content (AvgIpc) is 2.82. The zero-order chi connectivity index (χ0) is 10.3. The van der Waals surface area contributed by atoms with Gasteiger partial charge in [-0.1, -0.05) is 24.6 Å². The number of hydrogen-bond donors (Lipinski definition) is 1. The normalized spacial score (nSPS) is 27.9. The Hall–Kier alpha value is -1.02. The topological polar surface area (TPSA) is 29.3 Å². The number of para-hydroxylation sites is 1. The summed E-state index contributed by atoms with van der Waals surface area (Å²) in [5.74, 6) is 0.785. The van der Waals surface area contributed by atoms with E-state index in [0.29, 0.717) is 0 Å². The highest BCUT2D eigenvalue weighted by Gasteiger charge is 2.40. The van der Waals surface area contributed by atoms with Crippen molar-refractivity contribution in [3.05, 3.63) is 29.8 Å². The molecule has 2 atom stereocenters. The van der Waals surface area contributed by atoms with Crippen LogP contribution in [0, 0.1) is 0 Å². The molecule has 1 heterocycles. The molecule has 2 unspecified atom stereocenters. The zero-order valence-electron chi connectivity index (χ0n) is 9.02. The number of hydrogen-bond acceptors (Lipinski definition) is 2. The van der Waals surface area contributed by atoms with Crippen molar-refractivity contribution in [3.63, 3.8) is 0 Å². The van der Waals surface area contributed by atoms with E-state index < -0.39 is 0 Å². The molecule has 2 aliphatic rings. The summed E-state index contributed by atoms with van der Waals surface area (Å²) in [6, 6.07) is 9.60. The monoisotopic (exact) mass is 202 g/mol. The quantitative estimate of drug-likeness (QED) is 0.795. The zero-order valence-corrected chi connectivity index (χ0v) is 9.02. The van der Waals surface area contributed by atoms with Gasteiger partial charge in [-0.3, -0.25) is 0 Å². The van der Waals surface area contributed by atoms with Gasteiger partial charge in [0.25, 0.3) is 0 Å². The third-order valence-electron chi connectivity index (χ3n) is 3.90. The van der Waals surface area contributed by atoms with Crippen molar-refractivity contribution >= 4 is 5.69 Å². The predicted molar refractivity (Wildman–Crippen MR) is 63.2 cm³/mol. The Bertz CT molecular complexity index is 361. The minimum absolute atomic E-state index is 0.742. The lowest BCUT2D eigenvalue weighted by Crippen LogP contribution is -2.35. The van der Waals surface area contributed by atoms with Gasteiger partial charge in [-0.15, -0.1) is 0 Å². The molecule has 0 amide bonds. The van der Waals surface area contributed by atoms with Crippen LogP contribution in [0.15, 0.2) is 24.3 Å². The first-order valence-corrected chi connectivity index (χ1v) is 5.97. The van der Waals surface area contributed by atoms with Crippen molar-refractivity contribution < 1.29 is 0 Å². The number of nitrogens with zero attached hydrogens (tertiary/aromatic N) is 1. The number of benzene rings is 1. The van der Waals surface area contributed by atoms with Crippen molar-refractivity contribution in [2.75, 3.05) is 18.0 Å². The Kier molecular flexibility index (Phi) is 2.17. The van der Waals surface area contributed by atoms with Crippen molar-refractivity contribution in [1.82, 2.24) is 0 Å². The van der Waals surface area contributed by atoms with Crippen LogP contribution >= 0.6 is 0 Å². The molecule has 1 aromatic rings. The molecule has 3 rings (SSSR count). The maximum Gasteiger partial charge on any atom is 0.0405 e. The minimum atomic E-state index is 0.742. The van der Waals surface area contributed by atoms with Crippen molar-refractivity contribution in [3.8, 4) is 0 Å². The highest BCUT2D eigenvalue weighted by atomic mass is 15.2. The van der Waals surface area contributed by atoms with Gasteiger partial charge in [0, 0.05) is 30.7 Å². The van der Waals surface area contributed by atoms with E-state index in [1.807, 2.05) is 0 Å². The van der Waals surface area contributed by atoms with E-state index in [1.165, 1.54) is 24.9 Å². The van der Waals surface area contributed by atoms with Crippen LogP contribution in [-0.2, 0) is 0 Å². The maximum absolute atomic E-state index is 5.71. The Balaban J connectivity index is 2.02. The fraction of sp³-hybridized carbons (Fsp3) is 0.538. The Morgan fingerprint density at radius 2 is 2.13 bits per heavy atom. The third kappa shape index (κ3) is 1.28. The summed E-state index contributed by atoms with van der Waals surface area (Å²) in [5.41, 5.74) is 8.71. The first-order chi connectivity index (χ1) is 7.42. The second-order valence-electron chi connectivity index (χ2n) is 4.65. The molecule has 0 aromatic heterocycles. The van der Waals surface area contributed by atoms with Crippen LogP contribution in [0.3, 0.4) is 0 Å². The molecule has 0 radical (unpaired) electrons. The van der Waals surface area contributed by atoms with Gasteiger partial charge >= 0.3 is 0 Å². The van der Waals surface area contributed by atoms with Gasteiger partial charge in [-0.05, 0) is 24.5 Å². The molecule has 0 spiro atoms. The van der Waals surface area contributed by atoms with Crippen molar-refractivity contribution in [1.29, 1.82) is 0 Å². The third-order valence-corrected chi connectivity index (χ3v) is 3.90. The van der Waals surface area contributed by atoms with Crippen LogP contribution in [0.2, 0.25) is 0 Å². The molecule has 1 saturated carbocycles. The van der Waals surface area contributed by atoms with E-state index >= 15 is 0 Å². The summed E-state index contributed by atoms with van der Waals surface area (Å²) in [7, 11) is 0. The Morgan fingerprint density at radius 1 is 1.27 bits per heavy atom. The van der Waals surface area contributed by atoms with Gasteiger partial charge in [0.15, 0.2) is 0 Å². The maximum atomic E-state index is 5.71. The van der Waals surface area contributed by atoms with E-state index in [4.69, 9.17) is 5.73 Å². The summed E-state index contributed by atoms with van der Waals surface area (Å²) in [6.45, 7) is 1.77. The second-order valence-corrected chi connectivity index (χ2v) is 4.65. The lowest BCUT2D eigenvalue weighted by atomic mass is 9.98. The summed E-state index contributed by atoms with van der Waals surface area (Å²) in [6.07, 6.45) is 4.09. The Morgan fingerprint density at radius 3 is 3.00 bits per heavy atom. The number of anilines is 1. The molecule has 0 saturated heterocycles. The van der Waals surface area contributed by atoms with E-state index in [9.17, 15) is 0 Å². The largest absolute Gasteiger partial charge is 0.366 e. The van der Waals surface area contributed by atoms with Crippen LogP contribution in [0.25, 0.3) is 0 Å². The molecular formula is C13H18N2. The van der Waals surface area contributed by atoms with E-state index in [2.05, 4.69) is 29.2 Å². The molecule has 2 heteroatoms. The van der Waals surface area contributed by atoms with Crippen molar-refractivity contribution in [2.45, 2.75) is 31.2 Å². The molecular weight excluding hydrogens is 184 g/mol. The average molecular weight is 202 g/mol. The highest BCUT2D eigenvalue weighted by Crippen LogP contribution is 2.48. The van der Waals surface area contributed by atoms with Crippen LogP contribution in [0.4, 0.5) is 5.69 Å². The summed E-state index contributed by atoms with van der Waals surface area (Å²) in [4.78, 5) is 2.53. The van der Waals surface area contributed by atoms with Gasteiger partial charge < -0.3 is 10.6 Å². The standard InChI is InChI=1S/C13H18N2/c14-8-9-15-12-6-2-1-4-10(12)11-5-3-7-13(11)15/h1-2,4,6,11,13H,3,5,7-9,14H2. The van der Waals surface area contributed by atoms with E-state index in [1.54, 1.807) is 5.56 Å². The fourth-order valence-electron chi connectivity index (χ4n) is 3.34. The highest BCUT2D eigenvalue weighted by molar-refractivity contribution is 5.62. The second kappa shape index (κ2) is 3.53. The molecule has 2 nitrogen and oxygen atoms in total.